The molecule has 0 saturated heterocycles. The third-order valence-corrected chi connectivity index (χ3v) is 5.68. The van der Waals surface area contributed by atoms with Gasteiger partial charge in [-0.15, -0.1) is 0 Å². The molecule has 3 unspecified atom stereocenters. The zero-order chi connectivity index (χ0) is 13.7. The molecule has 0 bridgehead atoms. The molecule has 3 heteroatoms. The maximum absolute atomic E-state index is 9.68. The van der Waals surface area contributed by atoms with Crippen LogP contribution in [0.25, 0.3) is 0 Å². The van der Waals surface area contributed by atoms with Crippen LogP contribution in [-0.4, -0.2) is 22.7 Å². The fraction of sp³-hybridized carbons (Fsp3) is 0.625. The van der Waals surface area contributed by atoms with Gasteiger partial charge in [-0.1, -0.05) is 50.1 Å². The molecule has 1 aliphatic rings. The number of nitrogens with two attached hydrogens (primary N) is 1. The molecule has 3 atom stereocenters. The molecule has 0 spiro atoms. The summed E-state index contributed by atoms with van der Waals surface area (Å²) in [7, 11) is 0. The molecular formula is C16H25NOS. The molecule has 19 heavy (non-hydrogen) atoms. The van der Waals surface area contributed by atoms with Gasteiger partial charge in [0.05, 0.1) is 12.1 Å². The van der Waals surface area contributed by atoms with E-state index < -0.39 is 5.54 Å². The first kappa shape index (κ1) is 14.9. The maximum atomic E-state index is 9.68. The topological polar surface area (TPSA) is 46.2 Å². The predicted molar refractivity (Wildman–Crippen MR) is 83.3 cm³/mol. The van der Waals surface area contributed by atoms with Crippen LogP contribution in [0.2, 0.25) is 0 Å². The first-order valence-corrected chi connectivity index (χ1v) is 8.26. The van der Waals surface area contributed by atoms with E-state index in [-0.39, 0.29) is 6.61 Å². The van der Waals surface area contributed by atoms with Crippen molar-refractivity contribution < 1.29 is 5.11 Å². The SMILES string of the molecule is CC1CCCC(SCC(N)(CO)c2ccccc2)C1. The Balaban J connectivity index is 1.95. The Labute approximate surface area is 120 Å². The first-order chi connectivity index (χ1) is 9.14. The third kappa shape index (κ3) is 3.98. The van der Waals surface area contributed by atoms with Crippen molar-refractivity contribution in [3.63, 3.8) is 0 Å². The minimum atomic E-state index is -0.605. The highest BCUT2D eigenvalue weighted by molar-refractivity contribution is 7.99. The number of hydrogen-bond acceptors (Lipinski definition) is 3. The summed E-state index contributed by atoms with van der Waals surface area (Å²) in [6.45, 7) is 2.35. The smallest absolute Gasteiger partial charge is 0.0735 e. The lowest BCUT2D eigenvalue weighted by Crippen LogP contribution is -2.43. The van der Waals surface area contributed by atoms with Gasteiger partial charge in [-0.3, -0.25) is 0 Å². The Morgan fingerprint density at radius 3 is 2.68 bits per heavy atom. The standard InChI is InChI=1S/C16H25NOS/c1-13-6-5-9-15(10-13)19-12-16(17,11-18)14-7-3-2-4-8-14/h2-4,7-8,13,15,18H,5-6,9-12,17H2,1H3. The molecule has 2 rings (SSSR count). The molecule has 0 aromatic heterocycles. The van der Waals surface area contributed by atoms with Crippen molar-refractivity contribution in [2.45, 2.75) is 43.4 Å². The van der Waals surface area contributed by atoms with Crippen LogP contribution in [0, 0.1) is 5.92 Å². The highest BCUT2D eigenvalue weighted by Gasteiger charge is 2.29. The lowest BCUT2D eigenvalue weighted by molar-refractivity contribution is 0.213. The molecule has 0 radical (unpaired) electrons. The van der Waals surface area contributed by atoms with Crippen LogP contribution in [0.4, 0.5) is 0 Å². The third-order valence-electron chi connectivity index (χ3n) is 4.10. The summed E-state index contributed by atoms with van der Waals surface area (Å²) in [5.74, 6) is 1.63. The van der Waals surface area contributed by atoms with E-state index in [1.807, 2.05) is 42.1 Å². The number of benzene rings is 1. The summed E-state index contributed by atoms with van der Waals surface area (Å²) in [6, 6.07) is 9.98. The summed E-state index contributed by atoms with van der Waals surface area (Å²) < 4.78 is 0. The highest BCUT2D eigenvalue weighted by atomic mass is 32.2. The number of thioether (sulfide) groups is 1. The largest absolute Gasteiger partial charge is 0.394 e. The zero-order valence-electron chi connectivity index (χ0n) is 11.7. The van der Waals surface area contributed by atoms with E-state index in [1.165, 1.54) is 25.7 Å². The van der Waals surface area contributed by atoms with E-state index in [1.54, 1.807) is 0 Å². The molecule has 106 valence electrons. The van der Waals surface area contributed by atoms with E-state index in [0.717, 1.165) is 17.2 Å². The van der Waals surface area contributed by atoms with Crippen LogP contribution in [0.5, 0.6) is 0 Å². The maximum Gasteiger partial charge on any atom is 0.0735 e. The van der Waals surface area contributed by atoms with Crippen LogP contribution in [0.15, 0.2) is 30.3 Å². The molecule has 1 saturated carbocycles. The van der Waals surface area contributed by atoms with Crippen molar-refractivity contribution in [1.29, 1.82) is 0 Å². The van der Waals surface area contributed by atoms with Gasteiger partial charge in [-0.2, -0.15) is 11.8 Å². The van der Waals surface area contributed by atoms with Crippen molar-refractivity contribution >= 4 is 11.8 Å². The molecular weight excluding hydrogens is 254 g/mol. The van der Waals surface area contributed by atoms with E-state index >= 15 is 0 Å². The Morgan fingerprint density at radius 1 is 1.32 bits per heavy atom. The van der Waals surface area contributed by atoms with Crippen molar-refractivity contribution in [2.24, 2.45) is 11.7 Å². The number of aliphatic hydroxyl groups is 1. The quantitative estimate of drug-likeness (QED) is 0.870. The van der Waals surface area contributed by atoms with Gasteiger partial charge in [-0.25, -0.2) is 0 Å². The van der Waals surface area contributed by atoms with Gasteiger partial charge in [0.15, 0.2) is 0 Å². The van der Waals surface area contributed by atoms with Gasteiger partial charge in [0, 0.05) is 11.0 Å². The molecule has 0 amide bonds. The Kier molecular flexibility index (Phi) is 5.31. The fourth-order valence-electron chi connectivity index (χ4n) is 2.79. The van der Waals surface area contributed by atoms with Gasteiger partial charge in [0.1, 0.15) is 0 Å². The molecule has 1 aromatic rings. The Hall–Kier alpha value is -0.510. The summed E-state index contributed by atoms with van der Waals surface area (Å²) >= 11 is 1.94. The van der Waals surface area contributed by atoms with Crippen LogP contribution in [0.1, 0.15) is 38.2 Å². The van der Waals surface area contributed by atoms with Gasteiger partial charge in [-0.05, 0) is 24.3 Å². The van der Waals surface area contributed by atoms with Crippen LogP contribution in [-0.2, 0) is 5.54 Å². The lowest BCUT2D eigenvalue weighted by atomic mass is 9.90. The Bertz CT molecular complexity index is 384. The van der Waals surface area contributed by atoms with Crippen molar-refractivity contribution in [3.05, 3.63) is 35.9 Å². The average Bonchev–Trinajstić information content (AvgIpc) is 2.46. The normalized spacial score (nSPS) is 26.9. The zero-order valence-corrected chi connectivity index (χ0v) is 12.5. The molecule has 0 heterocycles. The summed E-state index contributed by atoms with van der Waals surface area (Å²) in [4.78, 5) is 0. The predicted octanol–water partition coefficient (Wildman–Crippen LogP) is 3.14. The number of rotatable bonds is 5. The van der Waals surface area contributed by atoms with E-state index in [4.69, 9.17) is 5.73 Å². The summed E-state index contributed by atoms with van der Waals surface area (Å²) in [6.07, 6.45) is 5.29. The second-order valence-electron chi connectivity index (χ2n) is 5.89. The molecule has 1 aromatic carbocycles. The van der Waals surface area contributed by atoms with Gasteiger partial charge in [0.2, 0.25) is 0 Å². The molecule has 3 N–H and O–H groups in total. The summed E-state index contributed by atoms with van der Waals surface area (Å²) in [5, 5.41) is 10.4. The highest BCUT2D eigenvalue weighted by Crippen LogP contribution is 2.34. The van der Waals surface area contributed by atoms with Crippen LogP contribution in [0.3, 0.4) is 0 Å². The van der Waals surface area contributed by atoms with Crippen molar-refractivity contribution in [3.8, 4) is 0 Å². The van der Waals surface area contributed by atoms with Crippen molar-refractivity contribution in [2.75, 3.05) is 12.4 Å². The monoisotopic (exact) mass is 279 g/mol. The number of hydrogen-bond donors (Lipinski definition) is 2. The fourth-order valence-corrected chi connectivity index (χ4v) is 4.38. The minimum Gasteiger partial charge on any atom is -0.394 e. The van der Waals surface area contributed by atoms with Crippen LogP contribution < -0.4 is 5.73 Å². The van der Waals surface area contributed by atoms with E-state index in [0.29, 0.717) is 5.25 Å². The second kappa shape index (κ2) is 6.78. The molecule has 0 aliphatic heterocycles. The van der Waals surface area contributed by atoms with E-state index in [9.17, 15) is 5.11 Å². The van der Waals surface area contributed by atoms with Gasteiger partial charge in [0.25, 0.3) is 0 Å². The Morgan fingerprint density at radius 2 is 2.05 bits per heavy atom. The molecule has 1 fully saturated rings. The molecule has 1 aliphatic carbocycles. The minimum absolute atomic E-state index is 0.00624. The second-order valence-corrected chi connectivity index (χ2v) is 7.17. The average molecular weight is 279 g/mol. The first-order valence-electron chi connectivity index (χ1n) is 7.21. The lowest BCUT2D eigenvalue weighted by Gasteiger charge is -2.32. The number of aliphatic hydroxyl groups excluding tert-OH is 1. The van der Waals surface area contributed by atoms with Crippen LogP contribution >= 0.6 is 11.8 Å². The van der Waals surface area contributed by atoms with E-state index in [2.05, 4.69) is 6.92 Å². The van der Waals surface area contributed by atoms with Crippen molar-refractivity contribution in [1.82, 2.24) is 0 Å². The van der Waals surface area contributed by atoms with Gasteiger partial charge < -0.3 is 10.8 Å². The van der Waals surface area contributed by atoms with Gasteiger partial charge >= 0.3 is 0 Å². The molecule has 2 nitrogen and oxygen atoms in total. The summed E-state index contributed by atoms with van der Waals surface area (Å²) in [5.41, 5.74) is 6.83.